The fourth-order valence-corrected chi connectivity index (χ4v) is 2.52. The van der Waals surface area contributed by atoms with Gasteiger partial charge < -0.3 is 15.4 Å². The standard InChI is InChI=1S/C18H21BrN2O2/c1-20-11-6-12-21-18(22)17(14-7-3-2-4-8-14)23-16-10-5-9-15(19)13-16/h2-5,7-10,13,17,20H,6,11-12H2,1H3,(H,21,22). The zero-order chi connectivity index (χ0) is 16.5. The van der Waals surface area contributed by atoms with E-state index in [1.165, 1.54) is 0 Å². The van der Waals surface area contributed by atoms with Gasteiger partial charge >= 0.3 is 0 Å². The minimum Gasteiger partial charge on any atom is -0.476 e. The van der Waals surface area contributed by atoms with Crippen LogP contribution in [0.2, 0.25) is 0 Å². The van der Waals surface area contributed by atoms with Crippen molar-refractivity contribution in [3.63, 3.8) is 0 Å². The third-order valence-corrected chi connectivity index (χ3v) is 3.79. The lowest BCUT2D eigenvalue weighted by Crippen LogP contribution is -2.34. The molecular weight excluding hydrogens is 356 g/mol. The Morgan fingerprint density at radius 2 is 1.91 bits per heavy atom. The minimum absolute atomic E-state index is 0.132. The van der Waals surface area contributed by atoms with Crippen molar-refractivity contribution in [2.45, 2.75) is 12.5 Å². The Morgan fingerprint density at radius 1 is 1.13 bits per heavy atom. The van der Waals surface area contributed by atoms with Gasteiger partial charge in [0.2, 0.25) is 6.10 Å². The summed E-state index contributed by atoms with van der Waals surface area (Å²) in [5.41, 5.74) is 0.832. The molecule has 2 aromatic carbocycles. The van der Waals surface area contributed by atoms with Gasteiger partial charge in [0.05, 0.1) is 0 Å². The molecule has 0 heterocycles. The lowest BCUT2D eigenvalue weighted by Gasteiger charge is -2.19. The SMILES string of the molecule is CNCCCNC(=O)C(Oc1cccc(Br)c1)c1ccccc1. The summed E-state index contributed by atoms with van der Waals surface area (Å²) < 4.78 is 6.86. The number of ether oxygens (including phenoxy) is 1. The number of nitrogens with one attached hydrogen (secondary N) is 2. The van der Waals surface area contributed by atoms with Crippen LogP contribution in [0.25, 0.3) is 0 Å². The van der Waals surface area contributed by atoms with E-state index < -0.39 is 6.10 Å². The van der Waals surface area contributed by atoms with E-state index in [1.807, 2.05) is 61.6 Å². The maximum atomic E-state index is 12.5. The van der Waals surface area contributed by atoms with E-state index in [9.17, 15) is 4.79 Å². The van der Waals surface area contributed by atoms with Crippen molar-refractivity contribution in [3.05, 3.63) is 64.6 Å². The maximum absolute atomic E-state index is 12.5. The summed E-state index contributed by atoms with van der Waals surface area (Å²) in [6.07, 6.45) is 0.209. The molecule has 1 atom stereocenters. The summed E-state index contributed by atoms with van der Waals surface area (Å²) in [5, 5.41) is 6.00. The minimum atomic E-state index is -0.667. The summed E-state index contributed by atoms with van der Waals surface area (Å²) in [6.45, 7) is 1.48. The topological polar surface area (TPSA) is 50.4 Å². The largest absolute Gasteiger partial charge is 0.476 e. The highest BCUT2D eigenvalue weighted by atomic mass is 79.9. The first-order valence-corrected chi connectivity index (χ1v) is 8.39. The Labute approximate surface area is 145 Å². The van der Waals surface area contributed by atoms with E-state index in [0.29, 0.717) is 12.3 Å². The molecule has 0 aromatic heterocycles. The highest BCUT2D eigenvalue weighted by Crippen LogP contribution is 2.24. The Hall–Kier alpha value is -1.85. The first-order chi connectivity index (χ1) is 11.2. The number of amides is 1. The van der Waals surface area contributed by atoms with Crippen molar-refractivity contribution >= 4 is 21.8 Å². The lowest BCUT2D eigenvalue weighted by atomic mass is 10.1. The predicted molar refractivity (Wildman–Crippen MR) is 95.5 cm³/mol. The molecule has 0 aliphatic rings. The number of rotatable bonds is 8. The van der Waals surface area contributed by atoms with Crippen LogP contribution in [0, 0.1) is 0 Å². The fraction of sp³-hybridized carbons (Fsp3) is 0.278. The van der Waals surface area contributed by atoms with Crippen molar-refractivity contribution < 1.29 is 9.53 Å². The van der Waals surface area contributed by atoms with Crippen LogP contribution in [-0.2, 0) is 4.79 Å². The van der Waals surface area contributed by atoms with Crippen LogP contribution in [0.5, 0.6) is 5.75 Å². The molecule has 23 heavy (non-hydrogen) atoms. The van der Waals surface area contributed by atoms with Crippen molar-refractivity contribution in [3.8, 4) is 5.75 Å². The molecule has 0 spiro atoms. The molecule has 0 saturated heterocycles. The average Bonchev–Trinajstić information content (AvgIpc) is 2.57. The highest BCUT2D eigenvalue weighted by Gasteiger charge is 2.22. The third kappa shape index (κ3) is 5.69. The molecule has 0 bridgehead atoms. The molecule has 0 fully saturated rings. The molecule has 1 unspecified atom stereocenters. The van der Waals surface area contributed by atoms with Crippen LogP contribution in [0.4, 0.5) is 0 Å². The smallest absolute Gasteiger partial charge is 0.265 e. The average molecular weight is 377 g/mol. The van der Waals surface area contributed by atoms with Crippen LogP contribution in [-0.4, -0.2) is 26.0 Å². The number of carbonyl (C=O) groups is 1. The van der Waals surface area contributed by atoms with Crippen LogP contribution in [0.1, 0.15) is 18.1 Å². The number of halogens is 1. The summed E-state index contributed by atoms with van der Waals surface area (Å²) >= 11 is 3.42. The molecule has 2 N–H and O–H groups in total. The lowest BCUT2D eigenvalue weighted by molar-refractivity contribution is -0.128. The zero-order valence-electron chi connectivity index (χ0n) is 13.1. The van der Waals surface area contributed by atoms with Crippen molar-refractivity contribution in [1.29, 1.82) is 0 Å². The molecule has 2 rings (SSSR count). The van der Waals surface area contributed by atoms with Crippen LogP contribution in [0.3, 0.4) is 0 Å². The Balaban J connectivity index is 2.10. The van der Waals surface area contributed by atoms with Crippen molar-refractivity contribution in [2.24, 2.45) is 0 Å². The summed E-state index contributed by atoms with van der Waals surface area (Å²) in [7, 11) is 1.89. The van der Waals surface area contributed by atoms with Crippen LogP contribution < -0.4 is 15.4 Å². The van der Waals surface area contributed by atoms with Crippen molar-refractivity contribution in [1.82, 2.24) is 10.6 Å². The van der Waals surface area contributed by atoms with E-state index in [4.69, 9.17) is 4.74 Å². The van der Waals surface area contributed by atoms with E-state index in [1.54, 1.807) is 0 Å². The molecule has 0 aliphatic heterocycles. The van der Waals surface area contributed by atoms with Gasteiger partial charge in [0.1, 0.15) is 5.75 Å². The quantitative estimate of drug-likeness (QED) is 0.695. The second-order valence-electron chi connectivity index (χ2n) is 5.11. The van der Waals surface area contributed by atoms with Gasteiger partial charge in [-0.15, -0.1) is 0 Å². The number of hydrogen-bond donors (Lipinski definition) is 2. The molecule has 0 aliphatic carbocycles. The van der Waals surface area contributed by atoms with Crippen LogP contribution in [0.15, 0.2) is 59.1 Å². The molecule has 4 nitrogen and oxygen atoms in total. The van der Waals surface area contributed by atoms with Gasteiger partial charge in [-0.1, -0.05) is 52.3 Å². The van der Waals surface area contributed by atoms with Gasteiger partial charge in [-0.3, -0.25) is 4.79 Å². The first-order valence-electron chi connectivity index (χ1n) is 7.60. The Kier molecular flexibility index (Phi) is 7.10. The maximum Gasteiger partial charge on any atom is 0.265 e. The predicted octanol–water partition coefficient (Wildman–Crippen LogP) is 3.29. The van der Waals surface area contributed by atoms with Gasteiger partial charge in [-0.05, 0) is 38.2 Å². The summed E-state index contributed by atoms with van der Waals surface area (Å²) in [6, 6.07) is 17.0. The number of carbonyl (C=O) groups excluding carboxylic acids is 1. The third-order valence-electron chi connectivity index (χ3n) is 3.29. The monoisotopic (exact) mass is 376 g/mol. The first kappa shape index (κ1) is 17.5. The summed E-state index contributed by atoms with van der Waals surface area (Å²) in [4.78, 5) is 12.5. The van der Waals surface area contributed by atoms with Gasteiger partial charge in [-0.2, -0.15) is 0 Å². The normalized spacial score (nSPS) is 11.7. The number of benzene rings is 2. The molecule has 1 amide bonds. The van der Waals surface area contributed by atoms with Crippen LogP contribution >= 0.6 is 15.9 Å². The van der Waals surface area contributed by atoms with Gasteiger partial charge in [-0.25, -0.2) is 0 Å². The fourth-order valence-electron chi connectivity index (χ4n) is 2.15. The molecule has 5 heteroatoms. The molecule has 0 saturated carbocycles. The van der Waals surface area contributed by atoms with E-state index in [0.717, 1.165) is 23.0 Å². The molecule has 2 aromatic rings. The zero-order valence-corrected chi connectivity index (χ0v) is 14.7. The Bertz CT molecular complexity index is 619. The Morgan fingerprint density at radius 3 is 2.61 bits per heavy atom. The highest BCUT2D eigenvalue weighted by molar-refractivity contribution is 9.10. The molecule has 122 valence electrons. The summed E-state index contributed by atoms with van der Waals surface area (Å²) in [5.74, 6) is 0.519. The van der Waals surface area contributed by atoms with E-state index in [-0.39, 0.29) is 5.91 Å². The molecule has 0 radical (unpaired) electrons. The van der Waals surface area contributed by atoms with E-state index >= 15 is 0 Å². The van der Waals surface area contributed by atoms with Crippen molar-refractivity contribution in [2.75, 3.05) is 20.1 Å². The second kappa shape index (κ2) is 9.33. The number of hydrogen-bond acceptors (Lipinski definition) is 3. The van der Waals surface area contributed by atoms with E-state index in [2.05, 4.69) is 26.6 Å². The van der Waals surface area contributed by atoms with Gasteiger partial charge in [0.25, 0.3) is 5.91 Å². The second-order valence-corrected chi connectivity index (χ2v) is 6.03. The van der Waals surface area contributed by atoms with Gasteiger partial charge in [0, 0.05) is 16.6 Å². The van der Waals surface area contributed by atoms with Gasteiger partial charge in [0.15, 0.2) is 0 Å². The molecular formula is C18H21BrN2O2.